The molecule has 0 saturated carbocycles. The number of thioether (sulfide) groups is 1. The normalized spacial score (nSPS) is 16.6. The van der Waals surface area contributed by atoms with E-state index < -0.39 is 0 Å². The molecule has 1 atom stereocenters. The van der Waals surface area contributed by atoms with Crippen LogP contribution in [-0.4, -0.2) is 37.4 Å². The van der Waals surface area contributed by atoms with E-state index in [1.807, 2.05) is 54.3 Å². The van der Waals surface area contributed by atoms with Crippen LogP contribution in [0.1, 0.15) is 16.5 Å². The van der Waals surface area contributed by atoms with Crippen molar-refractivity contribution < 1.29 is 14.3 Å². The maximum atomic E-state index is 12.7. The molecule has 5 nitrogen and oxygen atoms in total. The molecule has 25 heavy (non-hydrogen) atoms. The molecule has 1 aliphatic rings. The lowest BCUT2D eigenvalue weighted by molar-refractivity contribution is 0.214. The maximum absolute atomic E-state index is 12.7. The van der Waals surface area contributed by atoms with Crippen molar-refractivity contribution in [2.24, 2.45) is 0 Å². The van der Waals surface area contributed by atoms with Gasteiger partial charge in [-0.15, -0.1) is 11.8 Å². The van der Waals surface area contributed by atoms with Gasteiger partial charge >= 0.3 is 6.03 Å². The van der Waals surface area contributed by atoms with Crippen LogP contribution in [0.25, 0.3) is 0 Å². The fourth-order valence-corrected chi connectivity index (χ4v) is 3.99. The van der Waals surface area contributed by atoms with Crippen LogP contribution in [-0.2, 0) is 0 Å². The number of aryl methyl sites for hydroxylation is 1. The monoisotopic (exact) mass is 358 g/mol. The molecule has 0 radical (unpaired) electrons. The lowest BCUT2D eigenvalue weighted by Gasteiger charge is -2.25. The number of ether oxygens (including phenoxy) is 2. The summed E-state index contributed by atoms with van der Waals surface area (Å²) < 4.78 is 10.7. The zero-order valence-electron chi connectivity index (χ0n) is 14.6. The Hall–Kier alpha value is -2.34. The van der Waals surface area contributed by atoms with Gasteiger partial charge in [-0.2, -0.15) is 0 Å². The number of hydrogen-bond acceptors (Lipinski definition) is 4. The third-order valence-electron chi connectivity index (χ3n) is 4.11. The minimum Gasteiger partial charge on any atom is -0.497 e. The van der Waals surface area contributed by atoms with Gasteiger partial charge in [-0.05, 0) is 36.8 Å². The molecule has 132 valence electrons. The van der Waals surface area contributed by atoms with Crippen LogP contribution in [0.5, 0.6) is 11.5 Å². The topological polar surface area (TPSA) is 50.8 Å². The minimum atomic E-state index is -0.0966. The van der Waals surface area contributed by atoms with Gasteiger partial charge in [0.25, 0.3) is 0 Å². The van der Waals surface area contributed by atoms with Gasteiger partial charge in [0.2, 0.25) is 0 Å². The lowest BCUT2D eigenvalue weighted by Crippen LogP contribution is -2.34. The maximum Gasteiger partial charge on any atom is 0.323 e. The number of benzene rings is 2. The summed E-state index contributed by atoms with van der Waals surface area (Å²) in [4.78, 5) is 14.6. The molecular weight excluding hydrogens is 336 g/mol. The molecular formula is C19H22N2O3S. The van der Waals surface area contributed by atoms with Gasteiger partial charge < -0.3 is 19.7 Å². The Labute approximate surface area is 152 Å². The number of anilines is 1. The fourth-order valence-electron chi connectivity index (χ4n) is 2.76. The standard InChI is InChI=1S/C19H22N2O3S/c1-13-4-6-15(7-5-13)20-19(22)21-8-9-25-18(21)14-10-16(23-2)12-17(11-14)24-3/h4-7,10-12,18H,8-9H2,1-3H3,(H,20,22)/t18-/m0/s1. The van der Waals surface area contributed by atoms with Crippen LogP contribution in [0.3, 0.4) is 0 Å². The van der Waals surface area contributed by atoms with Crippen LogP contribution in [0.4, 0.5) is 10.5 Å². The van der Waals surface area contributed by atoms with Crippen molar-refractivity contribution in [1.82, 2.24) is 4.90 Å². The van der Waals surface area contributed by atoms with Crippen molar-refractivity contribution >= 4 is 23.5 Å². The van der Waals surface area contributed by atoms with Crippen LogP contribution in [0.15, 0.2) is 42.5 Å². The molecule has 1 aliphatic heterocycles. The zero-order valence-corrected chi connectivity index (χ0v) is 15.4. The zero-order chi connectivity index (χ0) is 17.8. The molecule has 2 aromatic carbocycles. The Morgan fingerprint density at radius 3 is 2.36 bits per heavy atom. The van der Waals surface area contributed by atoms with Crippen LogP contribution in [0, 0.1) is 6.92 Å². The fraction of sp³-hybridized carbons (Fsp3) is 0.316. The Morgan fingerprint density at radius 2 is 1.76 bits per heavy atom. The predicted octanol–water partition coefficient (Wildman–Crippen LogP) is 4.29. The molecule has 0 bridgehead atoms. The highest BCUT2D eigenvalue weighted by Crippen LogP contribution is 2.40. The van der Waals surface area contributed by atoms with E-state index in [2.05, 4.69) is 5.32 Å². The Kier molecular flexibility index (Phi) is 5.38. The summed E-state index contributed by atoms with van der Waals surface area (Å²) in [7, 11) is 3.25. The van der Waals surface area contributed by atoms with Gasteiger partial charge in [0.15, 0.2) is 0 Å². The van der Waals surface area contributed by atoms with Crippen molar-refractivity contribution in [3.8, 4) is 11.5 Å². The van der Waals surface area contributed by atoms with Gasteiger partial charge in [-0.25, -0.2) is 4.79 Å². The Balaban J connectivity index is 1.80. The van der Waals surface area contributed by atoms with Gasteiger partial charge in [0, 0.05) is 24.1 Å². The molecule has 1 N–H and O–H groups in total. The molecule has 1 fully saturated rings. The van der Waals surface area contributed by atoms with E-state index in [9.17, 15) is 4.79 Å². The largest absolute Gasteiger partial charge is 0.497 e. The number of nitrogens with one attached hydrogen (secondary N) is 1. The molecule has 2 amide bonds. The first-order valence-electron chi connectivity index (χ1n) is 8.09. The van der Waals surface area contributed by atoms with E-state index in [0.29, 0.717) is 6.54 Å². The number of rotatable bonds is 4. The number of nitrogens with zero attached hydrogens (tertiary/aromatic N) is 1. The number of carbonyl (C=O) groups is 1. The molecule has 2 aromatic rings. The lowest BCUT2D eigenvalue weighted by atomic mass is 10.2. The molecule has 0 aliphatic carbocycles. The van der Waals surface area contributed by atoms with E-state index >= 15 is 0 Å². The first-order valence-corrected chi connectivity index (χ1v) is 9.14. The second kappa shape index (κ2) is 7.70. The van der Waals surface area contributed by atoms with E-state index in [1.54, 1.807) is 26.0 Å². The van der Waals surface area contributed by atoms with E-state index in [-0.39, 0.29) is 11.4 Å². The molecule has 0 aromatic heterocycles. The quantitative estimate of drug-likeness (QED) is 0.886. The number of methoxy groups -OCH3 is 2. The van der Waals surface area contributed by atoms with Gasteiger partial charge in [-0.3, -0.25) is 0 Å². The minimum absolute atomic E-state index is 0.0607. The first kappa shape index (κ1) is 17.5. The van der Waals surface area contributed by atoms with Crippen LogP contribution >= 0.6 is 11.8 Å². The Bertz CT molecular complexity index is 727. The van der Waals surface area contributed by atoms with E-state index in [1.165, 1.54) is 0 Å². The van der Waals surface area contributed by atoms with Crippen molar-refractivity contribution in [3.05, 3.63) is 53.6 Å². The van der Waals surface area contributed by atoms with Gasteiger partial charge in [0.05, 0.1) is 14.2 Å². The molecule has 0 unspecified atom stereocenters. The summed E-state index contributed by atoms with van der Waals surface area (Å²) in [5.41, 5.74) is 2.96. The number of hydrogen-bond donors (Lipinski definition) is 1. The number of amides is 2. The smallest absolute Gasteiger partial charge is 0.323 e. The van der Waals surface area contributed by atoms with Crippen LogP contribution < -0.4 is 14.8 Å². The number of urea groups is 1. The third kappa shape index (κ3) is 4.02. The SMILES string of the molecule is COc1cc(OC)cc([C@@H]2SCCN2C(=O)Nc2ccc(C)cc2)c1. The summed E-state index contributed by atoms with van der Waals surface area (Å²) in [6.07, 6.45) is 0. The average molecular weight is 358 g/mol. The molecule has 6 heteroatoms. The predicted molar refractivity (Wildman–Crippen MR) is 102 cm³/mol. The highest BCUT2D eigenvalue weighted by molar-refractivity contribution is 7.99. The van der Waals surface area contributed by atoms with Crippen molar-refractivity contribution in [2.45, 2.75) is 12.3 Å². The molecule has 0 spiro atoms. The highest BCUT2D eigenvalue weighted by Gasteiger charge is 2.31. The van der Waals surface area contributed by atoms with Crippen molar-refractivity contribution in [2.75, 3.05) is 31.8 Å². The van der Waals surface area contributed by atoms with E-state index in [0.717, 1.165) is 34.1 Å². The second-order valence-corrected chi connectivity index (χ2v) is 7.05. The molecule has 1 saturated heterocycles. The van der Waals surface area contributed by atoms with Crippen LogP contribution in [0.2, 0.25) is 0 Å². The summed E-state index contributed by atoms with van der Waals surface area (Å²) in [5.74, 6) is 2.34. The van der Waals surface area contributed by atoms with E-state index in [4.69, 9.17) is 9.47 Å². The number of carbonyl (C=O) groups excluding carboxylic acids is 1. The highest BCUT2D eigenvalue weighted by atomic mass is 32.2. The van der Waals surface area contributed by atoms with Crippen molar-refractivity contribution in [3.63, 3.8) is 0 Å². The van der Waals surface area contributed by atoms with Gasteiger partial charge in [0.1, 0.15) is 16.9 Å². The first-order chi connectivity index (χ1) is 12.1. The molecule has 3 rings (SSSR count). The second-order valence-electron chi connectivity index (χ2n) is 5.86. The summed E-state index contributed by atoms with van der Waals surface area (Å²) in [5, 5.41) is 2.92. The summed E-state index contributed by atoms with van der Waals surface area (Å²) in [6, 6.07) is 13.5. The average Bonchev–Trinajstić information content (AvgIpc) is 3.13. The Morgan fingerprint density at radius 1 is 1.12 bits per heavy atom. The van der Waals surface area contributed by atoms with Gasteiger partial charge in [-0.1, -0.05) is 17.7 Å². The van der Waals surface area contributed by atoms with Crippen molar-refractivity contribution in [1.29, 1.82) is 0 Å². The molecule has 1 heterocycles. The third-order valence-corrected chi connectivity index (χ3v) is 5.37. The summed E-state index contributed by atoms with van der Waals surface area (Å²) >= 11 is 1.74. The summed E-state index contributed by atoms with van der Waals surface area (Å²) in [6.45, 7) is 2.72.